The van der Waals surface area contributed by atoms with Crippen LogP contribution < -0.4 is 5.32 Å². The summed E-state index contributed by atoms with van der Waals surface area (Å²) < 4.78 is 1.83. The van der Waals surface area contributed by atoms with E-state index in [0.717, 1.165) is 34.8 Å². The minimum absolute atomic E-state index is 0.00124. The van der Waals surface area contributed by atoms with Gasteiger partial charge in [-0.15, -0.1) is 11.3 Å². The number of amides is 1. The van der Waals surface area contributed by atoms with Gasteiger partial charge in [0.15, 0.2) is 0 Å². The van der Waals surface area contributed by atoms with Crippen LogP contribution in [-0.4, -0.2) is 27.2 Å². The van der Waals surface area contributed by atoms with Gasteiger partial charge in [0.05, 0.1) is 17.8 Å². The van der Waals surface area contributed by atoms with Crippen LogP contribution in [0, 0.1) is 0 Å². The van der Waals surface area contributed by atoms with Gasteiger partial charge in [0.25, 0.3) is 0 Å². The number of carbonyl (C=O) groups excluding carboxylic acids is 1. The van der Waals surface area contributed by atoms with E-state index in [1.165, 1.54) is 11.1 Å². The number of nitrogens with one attached hydrogen (secondary N) is 1. The highest BCUT2D eigenvalue weighted by Gasteiger charge is 2.09. The first-order valence-corrected chi connectivity index (χ1v) is 11.0. The van der Waals surface area contributed by atoms with Gasteiger partial charge in [-0.05, 0) is 42.2 Å². The number of hydrogen-bond donors (Lipinski definition) is 1. The number of benzene rings is 2. The molecule has 0 aliphatic carbocycles. The standard InChI is InChI=1S/C24H24N4OS/c1-2-18-4-8-20(9-5-18)24-27-21(17-30-24)16-23(29)25-14-12-19-6-10-22(11-7-19)28-15-3-13-26-28/h3-11,13,15,17H,2,12,14,16H2,1H3,(H,25,29). The molecule has 0 unspecified atom stereocenters. The third-order valence-electron chi connectivity index (χ3n) is 4.94. The summed E-state index contributed by atoms with van der Waals surface area (Å²) in [5.74, 6) is 0.00124. The van der Waals surface area contributed by atoms with Gasteiger partial charge < -0.3 is 5.32 Å². The zero-order valence-electron chi connectivity index (χ0n) is 16.9. The van der Waals surface area contributed by atoms with Crippen molar-refractivity contribution in [3.05, 3.63) is 89.2 Å². The fourth-order valence-electron chi connectivity index (χ4n) is 3.21. The van der Waals surface area contributed by atoms with Crippen molar-refractivity contribution >= 4 is 17.2 Å². The summed E-state index contributed by atoms with van der Waals surface area (Å²) in [7, 11) is 0. The molecule has 0 saturated carbocycles. The van der Waals surface area contributed by atoms with Crippen LogP contribution in [0.1, 0.15) is 23.7 Å². The van der Waals surface area contributed by atoms with Gasteiger partial charge >= 0.3 is 0 Å². The highest BCUT2D eigenvalue weighted by atomic mass is 32.1. The highest BCUT2D eigenvalue weighted by Crippen LogP contribution is 2.24. The normalized spacial score (nSPS) is 10.8. The Morgan fingerprint density at radius 1 is 1.07 bits per heavy atom. The fraction of sp³-hybridized carbons (Fsp3) is 0.208. The Kier molecular flexibility index (Phi) is 6.35. The summed E-state index contributed by atoms with van der Waals surface area (Å²) in [5, 5.41) is 10.1. The Labute approximate surface area is 180 Å². The van der Waals surface area contributed by atoms with Gasteiger partial charge in [-0.2, -0.15) is 5.10 Å². The third kappa shape index (κ3) is 5.02. The molecule has 5 nitrogen and oxygen atoms in total. The monoisotopic (exact) mass is 416 g/mol. The summed E-state index contributed by atoms with van der Waals surface area (Å²) in [5.41, 5.74) is 5.43. The number of nitrogens with zero attached hydrogens (tertiary/aromatic N) is 3. The molecule has 2 heterocycles. The average Bonchev–Trinajstić information content (AvgIpc) is 3.47. The Morgan fingerprint density at radius 2 is 1.83 bits per heavy atom. The number of hydrogen-bond acceptors (Lipinski definition) is 4. The number of thiazole rings is 1. The van der Waals surface area contributed by atoms with E-state index in [4.69, 9.17) is 0 Å². The minimum Gasteiger partial charge on any atom is -0.355 e. The van der Waals surface area contributed by atoms with Crippen molar-refractivity contribution in [1.82, 2.24) is 20.1 Å². The maximum Gasteiger partial charge on any atom is 0.226 e. The molecule has 1 N–H and O–H groups in total. The van der Waals surface area contributed by atoms with Crippen LogP contribution in [0.15, 0.2) is 72.4 Å². The molecule has 2 aromatic carbocycles. The van der Waals surface area contributed by atoms with E-state index in [2.05, 4.69) is 58.7 Å². The van der Waals surface area contributed by atoms with E-state index in [-0.39, 0.29) is 5.91 Å². The van der Waals surface area contributed by atoms with Crippen molar-refractivity contribution in [2.24, 2.45) is 0 Å². The van der Waals surface area contributed by atoms with Crippen LogP contribution in [0.3, 0.4) is 0 Å². The van der Waals surface area contributed by atoms with E-state index in [9.17, 15) is 4.79 Å². The molecular weight excluding hydrogens is 392 g/mol. The second-order valence-electron chi connectivity index (χ2n) is 7.09. The van der Waals surface area contributed by atoms with Crippen molar-refractivity contribution in [2.45, 2.75) is 26.2 Å². The molecule has 30 heavy (non-hydrogen) atoms. The molecule has 4 aromatic rings. The molecule has 0 radical (unpaired) electrons. The Hall–Kier alpha value is -3.25. The molecule has 0 aliphatic heterocycles. The van der Waals surface area contributed by atoms with Crippen molar-refractivity contribution in [1.29, 1.82) is 0 Å². The molecule has 0 bridgehead atoms. The van der Waals surface area contributed by atoms with E-state index in [1.807, 2.05) is 34.5 Å². The molecule has 6 heteroatoms. The van der Waals surface area contributed by atoms with E-state index in [0.29, 0.717) is 13.0 Å². The summed E-state index contributed by atoms with van der Waals surface area (Å²) in [6, 6.07) is 18.6. The van der Waals surface area contributed by atoms with Crippen molar-refractivity contribution in [3.8, 4) is 16.3 Å². The maximum atomic E-state index is 12.3. The molecule has 0 saturated heterocycles. The maximum absolute atomic E-state index is 12.3. The number of rotatable bonds is 8. The fourth-order valence-corrected chi connectivity index (χ4v) is 4.04. The van der Waals surface area contributed by atoms with Crippen LogP contribution >= 0.6 is 11.3 Å². The van der Waals surface area contributed by atoms with Crippen molar-refractivity contribution in [2.75, 3.05) is 6.54 Å². The molecule has 152 valence electrons. The third-order valence-corrected chi connectivity index (χ3v) is 5.88. The Balaban J connectivity index is 1.25. The van der Waals surface area contributed by atoms with Crippen molar-refractivity contribution < 1.29 is 4.79 Å². The summed E-state index contributed by atoms with van der Waals surface area (Å²) in [6.45, 7) is 2.75. The highest BCUT2D eigenvalue weighted by molar-refractivity contribution is 7.13. The largest absolute Gasteiger partial charge is 0.355 e. The molecule has 1 amide bonds. The van der Waals surface area contributed by atoms with Gasteiger partial charge in [-0.25, -0.2) is 9.67 Å². The van der Waals surface area contributed by atoms with Gasteiger partial charge in [0, 0.05) is 29.9 Å². The van der Waals surface area contributed by atoms with E-state index in [1.54, 1.807) is 17.5 Å². The first-order valence-electron chi connectivity index (χ1n) is 10.1. The molecule has 0 spiro atoms. The van der Waals surface area contributed by atoms with Crippen LogP contribution in [-0.2, 0) is 24.1 Å². The summed E-state index contributed by atoms with van der Waals surface area (Å²) in [4.78, 5) is 16.9. The first-order chi connectivity index (χ1) is 14.7. The topological polar surface area (TPSA) is 59.8 Å². The lowest BCUT2D eigenvalue weighted by atomic mass is 10.1. The molecule has 2 aromatic heterocycles. The quantitative estimate of drug-likeness (QED) is 0.461. The lowest BCUT2D eigenvalue weighted by Gasteiger charge is -2.06. The van der Waals surface area contributed by atoms with E-state index < -0.39 is 0 Å². The van der Waals surface area contributed by atoms with Crippen LogP contribution in [0.25, 0.3) is 16.3 Å². The molecular formula is C24H24N4OS. The molecule has 0 fully saturated rings. The molecule has 0 atom stereocenters. The Bertz CT molecular complexity index is 1080. The molecule has 0 aliphatic rings. The second-order valence-corrected chi connectivity index (χ2v) is 7.95. The molecule has 4 rings (SSSR count). The van der Waals surface area contributed by atoms with Crippen LogP contribution in [0.4, 0.5) is 0 Å². The van der Waals surface area contributed by atoms with Gasteiger partial charge in [-0.1, -0.05) is 43.3 Å². The van der Waals surface area contributed by atoms with Crippen LogP contribution in [0.2, 0.25) is 0 Å². The Morgan fingerprint density at radius 3 is 2.53 bits per heavy atom. The van der Waals surface area contributed by atoms with Gasteiger partial charge in [-0.3, -0.25) is 4.79 Å². The van der Waals surface area contributed by atoms with Crippen LogP contribution in [0.5, 0.6) is 0 Å². The lowest BCUT2D eigenvalue weighted by Crippen LogP contribution is -2.27. The van der Waals surface area contributed by atoms with Gasteiger partial charge in [0.2, 0.25) is 5.91 Å². The number of carbonyl (C=O) groups is 1. The predicted octanol–water partition coefficient (Wildman–Crippen LogP) is 4.46. The summed E-state index contributed by atoms with van der Waals surface area (Å²) in [6.07, 6.45) is 5.80. The minimum atomic E-state index is 0.00124. The van der Waals surface area contributed by atoms with E-state index >= 15 is 0 Å². The summed E-state index contributed by atoms with van der Waals surface area (Å²) >= 11 is 1.58. The predicted molar refractivity (Wildman–Crippen MR) is 121 cm³/mol. The zero-order valence-corrected chi connectivity index (χ0v) is 17.7. The second kappa shape index (κ2) is 9.50. The van der Waals surface area contributed by atoms with Gasteiger partial charge in [0.1, 0.15) is 5.01 Å². The number of aromatic nitrogens is 3. The zero-order chi connectivity index (χ0) is 20.8. The number of aryl methyl sites for hydroxylation is 1. The SMILES string of the molecule is CCc1ccc(-c2nc(CC(=O)NCCc3ccc(-n4cccn4)cc3)cs2)cc1. The smallest absolute Gasteiger partial charge is 0.226 e. The average molecular weight is 417 g/mol. The first kappa shape index (κ1) is 20.0. The lowest BCUT2D eigenvalue weighted by molar-refractivity contribution is -0.120. The van der Waals surface area contributed by atoms with Crippen molar-refractivity contribution in [3.63, 3.8) is 0 Å².